The van der Waals surface area contributed by atoms with Crippen molar-refractivity contribution in [3.05, 3.63) is 92.5 Å². The molecule has 4 aromatic rings. The van der Waals surface area contributed by atoms with E-state index in [1.54, 1.807) is 19.1 Å². The Labute approximate surface area is 188 Å². The molecule has 4 rings (SSSR count). The van der Waals surface area contributed by atoms with Crippen LogP contribution in [0.1, 0.15) is 21.7 Å². The normalized spacial score (nSPS) is 10.8. The van der Waals surface area contributed by atoms with Crippen molar-refractivity contribution in [2.75, 3.05) is 0 Å². The smallest absolute Gasteiger partial charge is 0.262 e. The van der Waals surface area contributed by atoms with Gasteiger partial charge in [-0.2, -0.15) is 5.26 Å². The summed E-state index contributed by atoms with van der Waals surface area (Å²) in [5.74, 6) is -1.11. The first-order chi connectivity index (χ1) is 15.4. The summed E-state index contributed by atoms with van der Waals surface area (Å²) in [5.41, 5.74) is 2.28. The number of halogens is 1. The second-order valence-corrected chi connectivity index (χ2v) is 8.67. The van der Waals surface area contributed by atoms with Crippen LogP contribution in [-0.4, -0.2) is 14.7 Å². The molecule has 0 aliphatic heterocycles. The van der Waals surface area contributed by atoms with Crippen molar-refractivity contribution in [2.24, 2.45) is 0 Å². The molecule has 0 radical (unpaired) electrons. The van der Waals surface area contributed by atoms with Crippen LogP contribution in [0.3, 0.4) is 0 Å². The third-order valence-electron chi connectivity index (χ3n) is 5.33. The maximum Gasteiger partial charge on any atom is 0.262 e. The summed E-state index contributed by atoms with van der Waals surface area (Å²) in [5, 5.41) is 19.7. The molecule has 2 heterocycles. The Morgan fingerprint density at radius 3 is 2.59 bits per heavy atom. The predicted octanol–water partition coefficient (Wildman–Crippen LogP) is 5.21. The van der Waals surface area contributed by atoms with Gasteiger partial charge in [-0.15, -0.1) is 11.3 Å². The van der Waals surface area contributed by atoms with Gasteiger partial charge in [-0.1, -0.05) is 36.4 Å². The number of aryl methyl sites for hydroxylation is 3. The van der Waals surface area contributed by atoms with Gasteiger partial charge in [0.05, 0.1) is 22.4 Å². The van der Waals surface area contributed by atoms with Gasteiger partial charge in [0.15, 0.2) is 11.6 Å². The first-order valence-electron chi connectivity index (χ1n) is 10.0. The highest BCUT2D eigenvalue weighted by molar-refractivity contribution is 7.15. The van der Waals surface area contributed by atoms with Crippen LogP contribution in [0.25, 0.3) is 21.8 Å². The second-order valence-electron chi connectivity index (χ2n) is 7.42. The van der Waals surface area contributed by atoms with Crippen molar-refractivity contribution in [2.45, 2.75) is 26.8 Å². The highest BCUT2D eigenvalue weighted by atomic mass is 32.1. The quantitative estimate of drug-likeness (QED) is 0.457. The van der Waals surface area contributed by atoms with E-state index in [4.69, 9.17) is 0 Å². The molecule has 160 valence electrons. The lowest BCUT2D eigenvalue weighted by Crippen LogP contribution is -2.27. The van der Waals surface area contributed by atoms with Gasteiger partial charge in [-0.25, -0.2) is 9.37 Å². The number of aromatic hydroxyl groups is 1. The van der Waals surface area contributed by atoms with Crippen molar-refractivity contribution in [1.82, 2.24) is 9.55 Å². The summed E-state index contributed by atoms with van der Waals surface area (Å²) in [6, 6.07) is 17.7. The van der Waals surface area contributed by atoms with Crippen molar-refractivity contribution >= 4 is 11.3 Å². The highest BCUT2D eigenvalue weighted by Crippen LogP contribution is 2.34. The molecule has 0 spiro atoms. The van der Waals surface area contributed by atoms with E-state index in [9.17, 15) is 19.6 Å². The van der Waals surface area contributed by atoms with E-state index >= 15 is 0 Å². The SMILES string of the molecule is Cc1nc(-c2cccc(F)c2O)n(CCc2ccccc2)c(=O)c1-c1cc(C#N)c(C)s1. The molecule has 0 saturated carbocycles. The molecule has 0 fully saturated rings. The van der Waals surface area contributed by atoms with E-state index in [0.29, 0.717) is 34.7 Å². The first kappa shape index (κ1) is 21.5. The lowest BCUT2D eigenvalue weighted by Gasteiger charge is -2.16. The third-order valence-corrected chi connectivity index (χ3v) is 6.40. The van der Waals surface area contributed by atoms with Gasteiger partial charge in [0, 0.05) is 16.3 Å². The summed E-state index contributed by atoms with van der Waals surface area (Å²) in [6.07, 6.45) is 0.556. The highest BCUT2D eigenvalue weighted by Gasteiger charge is 2.21. The topological polar surface area (TPSA) is 78.9 Å². The predicted molar refractivity (Wildman–Crippen MR) is 123 cm³/mol. The van der Waals surface area contributed by atoms with E-state index in [0.717, 1.165) is 16.5 Å². The van der Waals surface area contributed by atoms with Gasteiger partial charge in [-0.3, -0.25) is 9.36 Å². The van der Waals surface area contributed by atoms with Gasteiger partial charge >= 0.3 is 0 Å². The minimum absolute atomic E-state index is 0.157. The number of aromatic nitrogens is 2. The van der Waals surface area contributed by atoms with E-state index in [1.807, 2.05) is 37.3 Å². The van der Waals surface area contributed by atoms with Crippen LogP contribution in [0, 0.1) is 31.0 Å². The van der Waals surface area contributed by atoms with Crippen LogP contribution in [0.15, 0.2) is 59.4 Å². The Balaban J connectivity index is 1.92. The molecule has 0 unspecified atom stereocenters. The standard InChI is InChI=1S/C25H20FN3O2S/c1-15-22(21-13-18(14-27)16(2)32-21)25(31)29(12-11-17-7-4-3-5-8-17)24(28-15)19-9-6-10-20(26)23(19)30/h3-10,13,30H,11-12H2,1-2H3. The number of hydrogen-bond donors (Lipinski definition) is 1. The number of para-hydroxylation sites is 1. The van der Waals surface area contributed by atoms with Crippen molar-refractivity contribution in [3.63, 3.8) is 0 Å². The fourth-order valence-corrected chi connectivity index (χ4v) is 4.71. The van der Waals surface area contributed by atoms with Gasteiger partial charge < -0.3 is 5.11 Å². The number of phenolic OH excluding ortho intramolecular Hbond substituents is 1. The lowest BCUT2D eigenvalue weighted by molar-refractivity contribution is 0.433. The molecule has 32 heavy (non-hydrogen) atoms. The van der Waals surface area contributed by atoms with Crippen LogP contribution in [-0.2, 0) is 13.0 Å². The number of phenols is 1. The largest absolute Gasteiger partial charge is 0.504 e. The third kappa shape index (κ3) is 3.93. The fourth-order valence-electron chi connectivity index (χ4n) is 3.66. The average Bonchev–Trinajstić information content (AvgIpc) is 3.15. The minimum atomic E-state index is -0.777. The Morgan fingerprint density at radius 1 is 1.16 bits per heavy atom. The molecule has 1 N–H and O–H groups in total. The van der Waals surface area contributed by atoms with Gasteiger partial charge in [-0.05, 0) is 44.0 Å². The summed E-state index contributed by atoms with van der Waals surface area (Å²) < 4.78 is 15.6. The average molecular weight is 446 g/mol. The zero-order valence-electron chi connectivity index (χ0n) is 17.6. The number of benzene rings is 2. The van der Waals surface area contributed by atoms with Crippen LogP contribution < -0.4 is 5.56 Å². The van der Waals surface area contributed by atoms with Gasteiger partial charge in [0.2, 0.25) is 0 Å². The molecule has 2 aromatic heterocycles. The molecule has 0 saturated heterocycles. The zero-order valence-corrected chi connectivity index (χ0v) is 18.4. The second kappa shape index (κ2) is 8.77. The maximum absolute atomic E-state index is 14.1. The monoisotopic (exact) mass is 445 g/mol. The first-order valence-corrected chi connectivity index (χ1v) is 10.9. The molecule has 7 heteroatoms. The number of hydrogen-bond acceptors (Lipinski definition) is 5. The number of nitriles is 1. The van der Waals surface area contributed by atoms with Gasteiger partial charge in [0.25, 0.3) is 5.56 Å². The van der Waals surface area contributed by atoms with Crippen molar-refractivity contribution in [3.8, 4) is 33.6 Å². The zero-order chi connectivity index (χ0) is 22.8. The molecular weight excluding hydrogens is 425 g/mol. The van der Waals surface area contributed by atoms with Gasteiger partial charge in [0.1, 0.15) is 11.9 Å². The van der Waals surface area contributed by atoms with E-state index in [2.05, 4.69) is 11.1 Å². The molecule has 0 aliphatic carbocycles. The van der Waals surface area contributed by atoms with Crippen LogP contribution in [0.4, 0.5) is 4.39 Å². The molecular formula is C25H20FN3O2S. The van der Waals surface area contributed by atoms with E-state index < -0.39 is 11.6 Å². The number of rotatable bonds is 5. The number of thiophene rings is 1. The molecule has 0 amide bonds. The van der Waals surface area contributed by atoms with Crippen LogP contribution in [0.5, 0.6) is 5.75 Å². The van der Waals surface area contributed by atoms with Crippen molar-refractivity contribution in [1.29, 1.82) is 5.26 Å². The Bertz CT molecular complexity index is 1400. The molecule has 0 atom stereocenters. The van der Waals surface area contributed by atoms with Crippen molar-refractivity contribution < 1.29 is 9.50 Å². The Hall–Kier alpha value is -3.76. The molecule has 5 nitrogen and oxygen atoms in total. The van der Waals surface area contributed by atoms with Crippen LogP contribution >= 0.6 is 11.3 Å². The minimum Gasteiger partial charge on any atom is -0.504 e. The molecule has 0 aliphatic rings. The maximum atomic E-state index is 14.1. The Kier molecular flexibility index (Phi) is 5.89. The molecule has 0 bridgehead atoms. The van der Waals surface area contributed by atoms with Crippen LogP contribution in [0.2, 0.25) is 0 Å². The number of nitrogens with zero attached hydrogens (tertiary/aromatic N) is 3. The van der Waals surface area contributed by atoms with E-state index in [-0.39, 0.29) is 16.9 Å². The van der Waals surface area contributed by atoms with E-state index in [1.165, 1.54) is 22.0 Å². The lowest BCUT2D eigenvalue weighted by atomic mass is 10.1. The summed E-state index contributed by atoms with van der Waals surface area (Å²) in [7, 11) is 0. The fraction of sp³-hybridized carbons (Fsp3) is 0.160. The summed E-state index contributed by atoms with van der Waals surface area (Å²) in [6.45, 7) is 3.84. The Morgan fingerprint density at radius 2 is 1.91 bits per heavy atom. The molecule has 2 aromatic carbocycles. The summed E-state index contributed by atoms with van der Waals surface area (Å²) in [4.78, 5) is 19.8. The summed E-state index contributed by atoms with van der Waals surface area (Å²) >= 11 is 1.37.